The predicted octanol–water partition coefficient (Wildman–Crippen LogP) is 4.95. The van der Waals surface area contributed by atoms with Crippen LogP contribution in [0, 0.1) is 23.7 Å². The molecule has 0 radical (unpaired) electrons. The molecular weight excluding hydrogens is 414 g/mol. The second kappa shape index (κ2) is 8.32. The highest BCUT2D eigenvalue weighted by atomic mass is 16.5. The standard InChI is InChI=1S/C27H29N3O3/c1-16-7-6-8-18(11-16)30-20-13-27(2,3)14-21(31)25(20)24(19(15-28)26(30)29)17-9-10-22(32-4)23(12-17)33-5/h6-12,24H,13-14,29H2,1-5H3. The van der Waals surface area contributed by atoms with Gasteiger partial charge in [0.1, 0.15) is 5.82 Å². The van der Waals surface area contributed by atoms with Gasteiger partial charge in [-0.2, -0.15) is 5.26 Å². The van der Waals surface area contributed by atoms with Crippen LogP contribution >= 0.6 is 0 Å². The minimum absolute atomic E-state index is 0.0407. The van der Waals surface area contributed by atoms with E-state index in [0.29, 0.717) is 41.3 Å². The maximum absolute atomic E-state index is 13.6. The summed E-state index contributed by atoms with van der Waals surface area (Å²) in [6.07, 6.45) is 1.08. The molecular formula is C27H29N3O3. The van der Waals surface area contributed by atoms with E-state index in [-0.39, 0.29) is 11.2 Å². The molecule has 2 aromatic carbocycles. The summed E-state index contributed by atoms with van der Waals surface area (Å²) in [6.45, 7) is 6.19. The lowest BCUT2D eigenvalue weighted by Crippen LogP contribution is -2.42. The van der Waals surface area contributed by atoms with Crippen LogP contribution in [0.1, 0.15) is 43.7 Å². The largest absolute Gasteiger partial charge is 0.493 e. The number of carbonyl (C=O) groups excluding carboxylic acids is 1. The molecule has 1 heterocycles. The van der Waals surface area contributed by atoms with Gasteiger partial charge < -0.3 is 15.2 Å². The van der Waals surface area contributed by atoms with Crippen molar-refractivity contribution in [2.75, 3.05) is 19.1 Å². The highest BCUT2D eigenvalue weighted by Crippen LogP contribution is 2.50. The molecule has 6 heteroatoms. The summed E-state index contributed by atoms with van der Waals surface area (Å²) in [5, 5.41) is 10.2. The Balaban J connectivity index is 2.00. The lowest BCUT2D eigenvalue weighted by atomic mass is 9.68. The van der Waals surface area contributed by atoms with Crippen molar-refractivity contribution >= 4 is 11.5 Å². The zero-order valence-electron chi connectivity index (χ0n) is 19.7. The molecule has 1 atom stereocenters. The van der Waals surface area contributed by atoms with Gasteiger partial charge in [0, 0.05) is 23.4 Å². The number of hydrogen-bond acceptors (Lipinski definition) is 6. The van der Waals surface area contributed by atoms with Crippen molar-refractivity contribution in [1.82, 2.24) is 0 Å². The van der Waals surface area contributed by atoms with E-state index in [1.54, 1.807) is 20.3 Å². The number of aryl methyl sites for hydroxylation is 1. The van der Waals surface area contributed by atoms with Crippen LogP contribution in [-0.4, -0.2) is 20.0 Å². The first kappa shape index (κ1) is 22.5. The van der Waals surface area contributed by atoms with Crippen molar-refractivity contribution in [3.8, 4) is 17.6 Å². The van der Waals surface area contributed by atoms with Gasteiger partial charge >= 0.3 is 0 Å². The van der Waals surface area contributed by atoms with E-state index in [0.717, 1.165) is 22.5 Å². The normalized spacial score (nSPS) is 19.8. The van der Waals surface area contributed by atoms with Gasteiger partial charge in [0.05, 0.1) is 31.8 Å². The van der Waals surface area contributed by atoms with Crippen molar-refractivity contribution in [3.05, 3.63) is 76.3 Å². The molecule has 0 aromatic heterocycles. The molecule has 4 rings (SSSR count). The van der Waals surface area contributed by atoms with Crippen LogP contribution in [0.4, 0.5) is 5.69 Å². The zero-order valence-corrected chi connectivity index (χ0v) is 19.7. The first-order valence-electron chi connectivity index (χ1n) is 11.0. The summed E-state index contributed by atoms with van der Waals surface area (Å²) >= 11 is 0. The topological polar surface area (TPSA) is 88.6 Å². The lowest BCUT2D eigenvalue weighted by molar-refractivity contribution is -0.118. The Kier molecular flexibility index (Phi) is 5.67. The maximum atomic E-state index is 13.6. The number of anilines is 1. The number of nitrogens with zero attached hydrogens (tertiary/aromatic N) is 2. The Labute approximate surface area is 194 Å². The van der Waals surface area contributed by atoms with Crippen LogP contribution < -0.4 is 20.1 Å². The smallest absolute Gasteiger partial charge is 0.162 e. The Hall–Kier alpha value is -3.72. The number of nitrogens with two attached hydrogens (primary N) is 1. The number of nitriles is 1. The van der Waals surface area contributed by atoms with Crippen molar-refractivity contribution in [1.29, 1.82) is 5.26 Å². The van der Waals surface area contributed by atoms with E-state index in [4.69, 9.17) is 15.2 Å². The van der Waals surface area contributed by atoms with Crippen molar-refractivity contribution in [2.24, 2.45) is 11.1 Å². The number of benzene rings is 2. The van der Waals surface area contributed by atoms with E-state index >= 15 is 0 Å². The fourth-order valence-corrected chi connectivity index (χ4v) is 4.94. The Bertz CT molecular complexity index is 1230. The summed E-state index contributed by atoms with van der Waals surface area (Å²) < 4.78 is 10.9. The monoisotopic (exact) mass is 443 g/mol. The number of carbonyl (C=O) groups is 1. The summed E-state index contributed by atoms with van der Waals surface area (Å²) in [4.78, 5) is 15.5. The average Bonchev–Trinajstić information content (AvgIpc) is 2.77. The minimum Gasteiger partial charge on any atom is -0.493 e. The Morgan fingerprint density at radius 3 is 2.45 bits per heavy atom. The number of ether oxygens (including phenoxy) is 2. The molecule has 2 aromatic rings. The predicted molar refractivity (Wildman–Crippen MR) is 128 cm³/mol. The highest BCUT2D eigenvalue weighted by molar-refractivity contribution is 6.01. The molecule has 1 aliphatic carbocycles. The van der Waals surface area contributed by atoms with Gasteiger partial charge in [-0.15, -0.1) is 0 Å². The summed E-state index contributed by atoms with van der Waals surface area (Å²) in [5.41, 5.74) is 11.0. The lowest BCUT2D eigenvalue weighted by Gasteiger charge is -2.43. The van der Waals surface area contributed by atoms with Gasteiger partial charge in [-0.25, -0.2) is 0 Å². The first-order valence-corrected chi connectivity index (χ1v) is 11.0. The van der Waals surface area contributed by atoms with Gasteiger partial charge in [0.2, 0.25) is 0 Å². The van der Waals surface area contributed by atoms with Crippen molar-refractivity contribution in [2.45, 2.75) is 39.5 Å². The van der Waals surface area contributed by atoms with E-state index in [1.165, 1.54) is 0 Å². The van der Waals surface area contributed by atoms with Crippen molar-refractivity contribution < 1.29 is 14.3 Å². The van der Waals surface area contributed by atoms with Gasteiger partial charge in [0.25, 0.3) is 0 Å². The first-order chi connectivity index (χ1) is 15.7. The molecule has 1 unspecified atom stereocenters. The van der Waals surface area contributed by atoms with Crippen LogP contribution in [0.15, 0.2) is 65.1 Å². The molecule has 0 fully saturated rings. The molecule has 170 valence electrons. The minimum atomic E-state index is -0.561. The Morgan fingerprint density at radius 2 is 1.82 bits per heavy atom. The van der Waals surface area contributed by atoms with Crippen LogP contribution in [0.2, 0.25) is 0 Å². The number of rotatable bonds is 4. The van der Waals surface area contributed by atoms with Crippen LogP contribution in [0.5, 0.6) is 11.5 Å². The second-order valence-electron chi connectivity index (χ2n) is 9.43. The SMILES string of the molecule is COc1ccc(C2C(C#N)=C(N)N(c3cccc(C)c3)C3=C2C(=O)CC(C)(C)C3)cc1OC. The number of methoxy groups -OCH3 is 2. The third kappa shape index (κ3) is 3.84. The van der Waals surface area contributed by atoms with Gasteiger partial charge in [-0.05, 0) is 54.2 Å². The van der Waals surface area contributed by atoms with Crippen LogP contribution in [0.3, 0.4) is 0 Å². The fraction of sp³-hybridized carbons (Fsp3) is 0.333. The number of Topliss-reactive ketones (excluding diaryl/α,β-unsaturated/α-hetero) is 1. The highest BCUT2D eigenvalue weighted by Gasteiger charge is 2.44. The third-order valence-electron chi connectivity index (χ3n) is 6.38. The molecule has 0 spiro atoms. The van der Waals surface area contributed by atoms with E-state index < -0.39 is 5.92 Å². The van der Waals surface area contributed by atoms with E-state index in [2.05, 4.69) is 19.9 Å². The number of allylic oxidation sites excluding steroid dienone is 3. The average molecular weight is 444 g/mol. The van der Waals surface area contributed by atoms with Gasteiger partial charge in [0.15, 0.2) is 17.3 Å². The number of hydrogen-bond donors (Lipinski definition) is 1. The second-order valence-corrected chi connectivity index (χ2v) is 9.43. The number of ketones is 1. The van der Waals surface area contributed by atoms with Gasteiger partial charge in [-0.1, -0.05) is 32.0 Å². The van der Waals surface area contributed by atoms with Gasteiger partial charge in [-0.3, -0.25) is 9.69 Å². The van der Waals surface area contributed by atoms with E-state index in [1.807, 2.05) is 48.2 Å². The molecule has 33 heavy (non-hydrogen) atoms. The van der Waals surface area contributed by atoms with Crippen LogP contribution in [0.25, 0.3) is 0 Å². The summed E-state index contributed by atoms with van der Waals surface area (Å²) in [5.74, 6) is 0.956. The molecule has 2 N–H and O–H groups in total. The van der Waals surface area contributed by atoms with Crippen LogP contribution in [-0.2, 0) is 4.79 Å². The quantitative estimate of drug-likeness (QED) is 0.719. The molecule has 0 saturated heterocycles. The zero-order chi connectivity index (χ0) is 23.9. The van der Waals surface area contributed by atoms with Crippen molar-refractivity contribution in [3.63, 3.8) is 0 Å². The molecule has 6 nitrogen and oxygen atoms in total. The molecule has 0 amide bonds. The third-order valence-corrected chi connectivity index (χ3v) is 6.38. The maximum Gasteiger partial charge on any atom is 0.162 e. The fourth-order valence-electron chi connectivity index (χ4n) is 4.94. The summed E-state index contributed by atoms with van der Waals surface area (Å²) in [7, 11) is 3.14. The molecule has 1 aliphatic heterocycles. The Morgan fingerprint density at radius 1 is 1.09 bits per heavy atom. The molecule has 0 bridgehead atoms. The molecule has 0 saturated carbocycles. The molecule has 2 aliphatic rings. The van der Waals surface area contributed by atoms with E-state index in [9.17, 15) is 10.1 Å². The summed E-state index contributed by atoms with van der Waals surface area (Å²) in [6, 6.07) is 15.8.